The van der Waals surface area contributed by atoms with Gasteiger partial charge in [0.25, 0.3) is 0 Å². The Balaban J connectivity index is 2.60. The third-order valence-corrected chi connectivity index (χ3v) is 2.91. The van der Waals surface area contributed by atoms with Gasteiger partial charge in [-0.05, 0) is 37.0 Å². The zero-order valence-electron chi connectivity index (χ0n) is 10.3. The van der Waals surface area contributed by atoms with Crippen LogP contribution in [0.3, 0.4) is 0 Å². The van der Waals surface area contributed by atoms with Crippen LogP contribution in [0.15, 0.2) is 24.3 Å². The van der Waals surface area contributed by atoms with Gasteiger partial charge in [-0.3, -0.25) is 9.59 Å². The normalized spacial score (nSPS) is 13.7. The van der Waals surface area contributed by atoms with Crippen molar-refractivity contribution >= 4 is 11.9 Å². The molecule has 5 N–H and O–H groups in total. The van der Waals surface area contributed by atoms with Crippen LogP contribution in [0.5, 0.6) is 5.75 Å². The monoisotopic (exact) mass is 267 g/mol. The summed E-state index contributed by atoms with van der Waals surface area (Å²) in [7, 11) is 0. The molecule has 0 amide bonds. The number of nitrogens with two attached hydrogens (primary N) is 1. The van der Waals surface area contributed by atoms with Crippen molar-refractivity contribution < 1.29 is 24.9 Å². The maximum atomic E-state index is 11.1. The quantitative estimate of drug-likeness (QED) is 0.580. The zero-order valence-corrected chi connectivity index (χ0v) is 10.3. The maximum Gasteiger partial charge on any atom is 0.320 e. The molecule has 0 fully saturated rings. The van der Waals surface area contributed by atoms with Crippen LogP contribution in [0.25, 0.3) is 0 Å². The summed E-state index contributed by atoms with van der Waals surface area (Å²) in [5, 5.41) is 26.9. The van der Waals surface area contributed by atoms with Gasteiger partial charge in [0.15, 0.2) is 0 Å². The van der Waals surface area contributed by atoms with Crippen molar-refractivity contribution in [2.75, 3.05) is 0 Å². The molecule has 0 saturated heterocycles. The highest BCUT2D eigenvalue weighted by Gasteiger charge is 2.21. The van der Waals surface area contributed by atoms with E-state index in [-0.39, 0.29) is 25.0 Å². The summed E-state index contributed by atoms with van der Waals surface area (Å²) in [5.74, 6) is -2.68. The van der Waals surface area contributed by atoms with Gasteiger partial charge < -0.3 is 21.1 Å². The number of aliphatic carboxylic acids is 2. The fraction of sp³-hybridized carbons (Fsp3) is 0.385. The van der Waals surface area contributed by atoms with Gasteiger partial charge in [-0.1, -0.05) is 12.1 Å². The number of phenols is 1. The summed E-state index contributed by atoms with van der Waals surface area (Å²) in [4.78, 5) is 21.7. The van der Waals surface area contributed by atoms with E-state index in [2.05, 4.69) is 0 Å². The first-order valence-corrected chi connectivity index (χ1v) is 5.89. The van der Waals surface area contributed by atoms with E-state index in [0.717, 1.165) is 5.56 Å². The van der Waals surface area contributed by atoms with E-state index in [9.17, 15) is 9.59 Å². The topological polar surface area (TPSA) is 121 Å². The Kier molecular flexibility index (Phi) is 5.32. The molecule has 0 spiro atoms. The van der Waals surface area contributed by atoms with Crippen LogP contribution in [0.1, 0.15) is 18.4 Å². The minimum Gasteiger partial charge on any atom is -0.508 e. The molecule has 0 heterocycles. The molecule has 6 nitrogen and oxygen atoms in total. The Morgan fingerprint density at radius 3 is 2.11 bits per heavy atom. The lowest BCUT2D eigenvalue weighted by Crippen LogP contribution is -2.31. The Hall–Kier alpha value is -2.08. The summed E-state index contributed by atoms with van der Waals surface area (Å²) in [6, 6.07) is 5.21. The SMILES string of the molecule is N[C@@H](CCC(Cc1ccc(O)cc1)C(=O)O)C(=O)O. The fourth-order valence-corrected chi connectivity index (χ4v) is 1.73. The highest BCUT2D eigenvalue weighted by molar-refractivity contribution is 5.73. The number of aromatic hydroxyl groups is 1. The molecule has 1 aromatic rings. The molecule has 1 aromatic carbocycles. The Bertz CT molecular complexity index is 443. The van der Waals surface area contributed by atoms with Crippen molar-refractivity contribution in [3.63, 3.8) is 0 Å². The second-order valence-corrected chi connectivity index (χ2v) is 4.43. The number of carboxylic acid groups (broad SMARTS) is 2. The minimum atomic E-state index is -1.13. The summed E-state index contributed by atoms with van der Waals surface area (Å²) in [5.41, 5.74) is 6.12. The second kappa shape index (κ2) is 6.75. The van der Waals surface area contributed by atoms with Crippen molar-refractivity contribution in [2.24, 2.45) is 11.7 Å². The van der Waals surface area contributed by atoms with Gasteiger partial charge in [0.05, 0.1) is 5.92 Å². The summed E-state index contributed by atoms with van der Waals surface area (Å²) >= 11 is 0. The molecule has 0 aliphatic carbocycles. The minimum absolute atomic E-state index is 0.114. The molecule has 6 heteroatoms. The molecule has 2 atom stereocenters. The van der Waals surface area contributed by atoms with E-state index in [1.54, 1.807) is 12.1 Å². The molecule has 19 heavy (non-hydrogen) atoms. The molecular formula is C13H17NO5. The standard InChI is InChI=1S/C13H17NO5/c14-11(13(18)19)6-3-9(12(16)17)7-8-1-4-10(15)5-2-8/h1-2,4-5,9,11,15H,3,6-7,14H2,(H,16,17)(H,18,19)/t9?,11-/m0/s1. The van der Waals surface area contributed by atoms with Gasteiger partial charge in [-0.25, -0.2) is 0 Å². The lowest BCUT2D eigenvalue weighted by atomic mass is 9.93. The number of rotatable bonds is 7. The number of hydrogen-bond donors (Lipinski definition) is 4. The third kappa shape index (κ3) is 4.97. The van der Waals surface area contributed by atoms with Crippen molar-refractivity contribution in [1.82, 2.24) is 0 Å². The Morgan fingerprint density at radius 2 is 1.63 bits per heavy atom. The predicted octanol–water partition coefficient (Wildman–Crippen LogP) is 0.828. The first-order chi connectivity index (χ1) is 8.90. The van der Waals surface area contributed by atoms with Crippen LogP contribution in [0, 0.1) is 5.92 Å². The molecule has 0 aromatic heterocycles. The van der Waals surface area contributed by atoms with Crippen molar-refractivity contribution in [3.8, 4) is 5.75 Å². The molecule has 0 aliphatic heterocycles. The molecule has 1 unspecified atom stereocenters. The van der Waals surface area contributed by atoms with E-state index in [1.807, 2.05) is 0 Å². The summed E-state index contributed by atoms with van der Waals surface area (Å²) < 4.78 is 0. The number of hydrogen-bond acceptors (Lipinski definition) is 4. The van der Waals surface area contributed by atoms with Gasteiger partial charge in [-0.2, -0.15) is 0 Å². The number of phenolic OH excluding ortho intramolecular Hbond substituents is 1. The molecule has 0 aliphatic rings. The van der Waals surface area contributed by atoms with Gasteiger partial charge in [0.1, 0.15) is 11.8 Å². The third-order valence-electron chi connectivity index (χ3n) is 2.91. The van der Waals surface area contributed by atoms with E-state index in [4.69, 9.17) is 21.1 Å². The Morgan fingerprint density at radius 1 is 1.05 bits per heavy atom. The number of carboxylic acids is 2. The van der Waals surface area contributed by atoms with E-state index in [0.29, 0.717) is 0 Å². The van der Waals surface area contributed by atoms with E-state index in [1.165, 1.54) is 12.1 Å². The van der Waals surface area contributed by atoms with Crippen LogP contribution in [-0.2, 0) is 16.0 Å². The number of carbonyl (C=O) groups is 2. The first-order valence-electron chi connectivity index (χ1n) is 5.89. The second-order valence-electron chi connectivity index (χ2n) is 4.43. The van der Waals surface area contributed by atoms with Crippen LogP contribution >= 0.6 is 0 Å². The van der Waals surface area contributed by atoms with Crippen LogP contribution in [-0.4, -0.2) is 33.3 Å². The summed E-state index contributed by atoms with van der Waals surface area (Å²) in [6.07, 6.45) is 0.593. The highest BCUT2D eigenvalue weighted by Crippen LogP contribution is 2.18. The molecular weight excluding hydrogens is 250 g/mol. The first kappa shape index (κ1) is 15.0. The predicted molar refractivity (Wildman–Crippen MR) is 67.8 cm³/mol. The van der Waals surface area contributed by atoms with Gasteiger partial charge in [-0.15, -0.1) is 0 Å². The molecule has 0 radical (unpaired) electrons. The van der Waals surface area contributed by atoms with Crippen LogP contribution in [0.4, 0.5) is 0 Å². The average Bonchev–Trinajstić information content (AvgIpc) is 2.35. The molecule has 0 saturated carbocycles. The van der Waals surface area contributed by atoms with Gasteiger partial charge >= 0.3 is 11.9 Å². The lowest BCUT2D eigenvalue weighted by Gasteiger charge is -2.14. The largest absolute Gasteiger partial charge is 0.508 e. The van der Waals surface area contributed by atoms with Crippen LogP contribution < -0.4 is 5.73 Å². The maximum absolute atomic E-state index is 11.1. The molecule has 1 rings (SSSR count). The van der Waals surface area contributed by atoms with E-state index < -0.39 is 23.9 Å². The van der Waals surface area contributed by atoms with E-state index >= 15 is 0 Å². The Labute approximate surface area is 110 Å². The van der Waals surface area contributed by atoms with Crippen molar-refractivity contribution in [2.45, 2.75) is 25.3 Å². The van der Waals surface area contributed by atoms with Gasteiger partial charge in [0, 0.05) is 0 Å². The molecule has 104 valence electrons. The van der Waals surface area contributed by atoms with Gasteiger partial charge in [0.2, 0.25) is 0 Å². The van der Waals surface area contributed by atoms with Crippen LogP contribution in [0.2, 0.25) is 0 Å². The fourth-order valence-electron chi connectivity index (χ4n) is 1.73. The number of benzene rings is 1. The molecule has 0 bridgehead atoms. The zero-order chi connectivity index (χ0) is 14.4. The highest BCUT2D eigenvalue weighted by atomic mass is 16.4. The average molecular weight is 267 g/mol. The lowest BCUT2D eigenvalue weighted by molar-refractivity contribution is -0.143. The smallest absolute Gasteiger partial charge is 0.320 e. The summed E-state index contributed by atoms with van der Waals surface area (Å²) in [6.45, 7) is 0. The van der Waals surface area contributed by atoms with Crippen molar-refractivity contribution in [3.05, 3.63) is 29.8 Å². The van der Waals surface area contributed by atoms with Crippen molar-refractivity contribution in [1.29, 1.82) is 0 Å².